The molecule has 3 atom stereocenters. The second kappa shape index (κ2) is 4.23. The first-order chi connectivity index (χ1) is 6.07. The molecule has 0 bridgehead atoms. The molecule has 0 radical (unpaired) electrons. The predicted molar refractivity (Wildman–Crippen MR) is 54.4 cm³/mol. The van der Waals surface area contributed by atoms with Gasteiger partial charge in [0.05, 0.1) is 6.61 Å². The minimum atomic E-state index is -0.0962. The van der Waals surface area contributed by atoms with Gasteiger partial charge in [0, 0.05) is 13.3 Å². The molecule has 1 rings (SSSR count). The molecule has 0 aromatic carbocycles. The predicted octanol–water partition coefficient (Wildman–Crippen LogP) is 2.11. The van der Waals surface area contributed by atoms with E-state index in [1.54, 1.807) is 0 Å². The molecule has 1 N–H and O–H groups in total. The van der Waals surface area contributed by atoms with Crippen LogP contribution in [-0.2, 0) is 4.79 Å². The molecule has 0 aromatic heterocycles. The van der Waals surface area contributed by atoms with Crippen LogP contribution in [0.2, 0.25) is 0 Å². The summed E-state index contributed by atoms with van der Waals surface area (Å²) in [6.07, 6.45) is 2.09. The van der Waals surface area contributed by atoms with Crippen molar-refractivity contribution in [2.45, 2.75) is 33.6 Å². The van der Waals surface area contributed by atoms with E-state index < -0.39 is 0 Å². The van der Waals surface area contributed by atoms with Crippen LogP contribution in [0.5, 0.6) is 0 Å². The van der Waals surface area contributed by atoms with Crippen LogP contribution in [-0.4, -0.2) is 17.5 Å². The molecule has 3 unspecified atom stereocenters. The average molecular weight is 186 g/mol. The molecule has 2 nitrogen and oxygen atoms in total. The Hall–Kier alpha value is -0.370. The molecule has 0 saturated heterocycles. The maximum absolute atomic E-state index is 11.8. The van der Waals surface area contributed by atoms with Gasteiger partial charge in [0.25, 0.3) is 0 Å². The van der Waals surface area contributed by atoms with Gasteiger partial charge in [-0.1, -0.05) is 20.8 Å². The van der Waals surface area contributed by atoms with Crippen LogP contribution in [0.15, 0.2) is 0 Å². The Balaban J connectivity index is 0.00000169. The third kappa shape index (κ3) is 2.11. The van der Waals surface area contributed by atoms with Gasteiger partial charge in [-0.3, -0.25) is 4.79 Å². The summed E-state index contributed by atoms with van der Waals surface area (Å²) in [7, 11) is 0. The lowest BCUT2D eigenvalue weighted by Gasteiger charge is -2.33. The fourth-order valence-electron chi connectivity index (χ4n) is 2.27. The maximum Gasteiger partial charge on any atom is 0.141 e. The minimum absolute atomic E-state index is 0. The molecule has 1 aliphatic rings. The number of ketones is 1. The zero-order chi connectivity index (χ0) is 10.0. The largest absolute Gasteiger partial charge is 0.396 e. The number of aliphatic hydroxyl groups is 1. The van der Waals surface area contributed by atoms with Crippen LogP contribution in [0.1, 0.15) is 35.0 Å². The average Bonchev–Trinajstić information content (AvgIpc) is 2.04. The Bertz CT molecular complexity index is 188. The van der Waals surface area contributed by atoms with Crippen molar-refractivity contribution in [3.63, 3.8) is 0 Å². The van der Waals surface area contributed by atoms with E-state index in [9.17, 15) is 4.79 Å². The van der Waals surface area contributed by atoms with E-state index in [0.717, 1.165) is 12.8 Å². The number of aliphatic hydroxyl groups excluding tert-OH is 1. The molecule has 13 heavy (non-hydrogen) atoms. The lowest BCUT2D eigenvalue weighted by atomic mass is 9.70. The summed E-state index contributed by atoms with van der Waals surface area (Å²) in [4.78, 5) is 11.8. The van der Waals surface area contributed by atoms with Crippen LogP contribution < -0.4 is 0 Å². The Morgan fingerprint density at radius 2 is 2.15 bits per heavy atom. The van der Waals surface area contributed by atoms with E-state index >= 15 is 0 Å². The highest BCUT2D eigenvalue weighted by Crippen LogP contribution is 2.34. The smallest absolute Gasteiger partial charge is 0.141 e. The molecule has 0 aliphatic heterocycles. The first-order valence-corrected chi connectivity index (χ1v) is 5.22. The second-order valence-corrected chi connectivity index (χ2v) is 4.60. The summed E-state index contributed by atoms with van der Waals surface area (Å²) >= 11 is 0. The van der Waals surface area contributed by atoms with E-state index in [1.807, 2.05) is 0 Å². The lowest BCUT2D eigenvalue weighted by Crippen LogP contribution is -2.38. The Morgan fingerprint density at radius 3 is 2.62 bits per heavy atom. The van der Waals surface area contributed by atoms with Gasteiger partial charge in [0.15, 0.2) is 0 Å². The fourth-order valence-corrected chi connectivity index (χ4v) is 2.27. The monoisotopic (exact) mass is 186 g/mol. The number of hydrogen-bond donors (Lipinski definition) is 1. The number of carbonyl (C=O) groups is 1. The minimum Gasteiger partial charge on any atom is -0.396 e. The van der Waals surface area contributed by atoms with Crippen molar-refractivity contribution in [2.24, 2.45) is 23.7 Å². The number of carbonyl (C=O) groups excluding carboxylic acids is 1. The SMILES string of the molecule is CC(C)C1CCC(C)C(CO)C1=O.[HH]. The Labute approximate surface area is 81.8 Å². The molecular weight excluding hydrogens is 164 g/mol. The molecule has 1 aliphatic carbocycles. The van der Waals surface area contributed by atoms with Crippen LogP contribution in [0.3, 0.4) is 0 Å². The topological polar surface area (TPSA) is 37.3 Å². The van der Waals surface area contributed by atoms with E-state index in [1.165, 1.54) is 0 Å². The lowest BCUT2D eigenvalue weighted by molar-refractivity contribution is -0.134. The quantitative estimate of drug-likeness (QED) is 0.717. The van der Waals surface area contributed by atoms with Crippen LogP contribution in [0.25, 0.3) is 0 Å². The Kier molecular flexibility index (Phi) is 3.48. The molecule has 0 spiro atoms. The number of hydrogen-bond acceptors (Lipinski definition) is 2. The summed E-state index contributed by atoms with van der Waals surface area (Å²) in [6.45, 7) is 6.28. The first-order valence-electron chi connectivity index (χ1n) is 5.22. The van der Waals surface area contributed by atoms with Crippen molar-refractivity contribution >= 4 is 5.78 Å². The third-order valence-electron chi connectivity index (χ3n) is 3.35. The molecule has 1 fully saturated rings. The summed E-state index contributed by atoms with van der Waals surface area (Å²) in [5.74, 6) is 1.17. The first kappa shape index (κ1) is 10.7. The molecule has 2 heteroatoms. The van der Waals surface area contributed by atoms with Crippen molar-refractivity contribution in [2.75, 3.05) is 6.61 Å². The van der Waals surface area contributed by atoms with Crippen LogP contribution in [0, 0.1) is 23.7 Å². The standard InChI is InChI=1S/C11H20O2.H2/c1-7(2)9-5-4-8(3)10(6-12)11(9)13;/h7-10,12H,4-6H2,1-3H3;1H. The van der Waals surface area contributed by atoms with Crippen molar-refractivity contribution in [3.05, 3.63) is 0 Å². The van der Waals surface area contributed by atoms with Gasteiger partial charge in [0.1, 0.15) is 5.78 Å². The van der Waals surface area contributed by atoms with Gasteiger partial charge in [-0.25, -0.2) is 0 Å². The zero-order valence-electron chi connectivity index (χ0n) is 8.79. The van der Waals surface area contributed by atoms with Gasteiger partial charge in [-0.05, 0) is 24.7 Å². The summed E-state index contributed by atoms with van der Waals surface area (Å²) < 4.78 is 0. The molecular formula is C11H22O2. The number of rotatable bonds is 2. The summed E-state index contributed by atoms with van der Waals surface area (Å²) in [6, 6.07) is 0. The molecule has 0 amide bonds. The van der Waals surface area contributed by atoms with Crippen molar-refractivity contribution in [3.8, 4) is 0 Å². The van der Waals surface area contributed by atoms with E-state index in [4.69, 9.17) is 5.11 Å². The maximum atomic E-state index is 11.8. The fraction of sp³-hybridized carbons (Fsp3) is 0.909. The normalized spacial score (nSPS) is 35.5. The molecule has 78 valence electrons. The highest BCUT2D eigenvalue weighted by molar-refractivity contribution is 5.84. The van der Waals surface area contributed by atoms with Crippen molar-refractivity contribution in [1.82, 2.24) is 0 Å². The molecule has 0 aromatic rings. The van der Waals surface area contributed by atoms with E-state index in [-0.39, 0.29) is 25.7 Å². The van der Waals surface area contributed by atoms with Gasteiger partial charge < -0.3 is 5.11 Å². The highest BCUT2D eigenvalue weighted by Gasteiger charge is 2.36. The van der Waals surface area contributed by atoms with Crippen molar-refractivity contribution in [1.29, 1.82) is 0 Å². The molecule has 0 heterocycles. The second-order valence-electron chi connectivity index (χ2n) is 4.60. The van der Waals surface area contributed by atoms with E-state index in [2.05, 4.69) is 20.8 Å². The van der Waals surface area contributed by atoms with Gasteiger partial charge in [-0.15, -0.1) is 0 Å². The van der Waals surface area contributed by atoms with Gasteiger partial charge in [0.2, 0.25) is 0 Å². The van der Waals surface area contributed by atoms with Crippen molar-refractivity contribution < 1.29 is 11.3 Å². The summed E-state index contributed by atoms with van der Waals surface area (Å²) in [5, 5.41) is 9.11. The van der Waals surface area contributed by atoms with Crippen LogP contribution in [0.4, 0.5) is 0 Å². The number of Topliss-reactive ketones (excluding diaryl/α,β-unsaturated/α-hetero) is 1. The Morgan fingerprint density at radius 1 is 1.54 bits per heavy atom. The zero-order valence-corrected chi connectivity index (χ0v) is 8.79. The molecule has 1 saturated carbocycles. The van der Waals surface area contributed by atoms with E-state index in [0.29, 0.717) is 11.8 Å². The highest BCUT2D eigenvalue weighted by atomic mass is 16.3. The third-order valence-corrected chi connectivity index (χ3v) is 3.35. The van der Waals surface area contributed by atoms with Gasteiger partial charge >= 0.3 is 0 Å². The van der Waals surface area contributed by atoms with Gasteiger partial charge in [-0.2, -0.15) is 0 Å². The summed E-state index contributed by atoms with van der Waals surface area (Å²) in [5.41, 5.74) is 0. The van der Waals surface area contributed by atoms with Crippen LogP contribution >= 0.6 is 0 Å².